The van der Waals surface area contributed by atoms with Crippen molar-refractivity contribution in [3.63, 3.8) is 0 Å². The van der Waals surface area contributed by atoms with Crippen LogP contribution in [0.25, 0.3) is 41.1 Å². The molecule has 0 bridgehead atoms. The molecule has 0 radical (unpaired) electrons. The molecular formula is C48H80S4Sn2. The Bertz CT molecular complexity index is 1580. The number of hydrogen-bond acceptors (Lipinski definition) is 4. The minimum atomic E-state index is -2.32. The molecule has 0 aliphatic rings. The summed E-state index contributed by atoms with van der Waals surface area (Å²) in [5.74, 6) is 1.62. The van der Waals surface area contributed by atoms with Gasteiger partial charge < -0.3 is 0 Å². The fraction of sp³-hybridized carbons (Fsp3) is 0.625. The first-order chi connectivity index (χ1) is 25.8. The molecule has 5 aromatic rings. The molecule has 5 rings (SSSR count). The van der Waals surface area contributed by atoms with Gasteiger partial charge in [-0.05, 0) is 0 Å². The predicted molar refractivity (Wildman–Crippen MR) is 267 cm³/mol. The van der Waals surface area contributed by atoms with Crippen LogP contribution in [0.2, 0.25) is 29.6 Å². The van der Waals surface area contributed by atoms with Crippen LogP contribution >= 0.6 is 45.3 Å². The molecule has 2 unspecified atom stereocenters. The molecule has 0 aliphatic heterocycles. The third-order valence-electron chi connectivity index (χ3n) is 10.3. The summed E-state index contributed by atoms with van der Waals surface area (Å²) >= 11 is 3.88. The second-order valence-corrected chi connectivity index (χ2v) is 52.0. The summed E-state index contributed by atoms with van der Waals surface area (Å²) in [7, 11) is 0. The Kier molecular flexibility index (Phi) is 23.2. The summed E-state index contributed by atoms with van der Waals surface area (Å²) in [5.41, 5.74) is 3.11. The number of rotatable bonds is 17. The van der Waals surface area contributed by atoms with Crippen LogP contribution in [-0.2, 0) is 12.8 Å². The second kappa shape index (κ2) is 24.9. The van der Waals surface area contributed by atoms with Crippen LogP contribution < -0.4 is 5.79 Å². The van der Waals surface area contributed by atoms with Crippen molar-refractivity contribution >= 4 is 108 Å². The number of thiophene rings is 4. The molecule has 54 heavy (non-hydrogen) atoms. The maximum absolute atomic E-state index is 2.68. The topological polar surface area (TPSA) is 0 Å². The third-order valence-corrected chi connectivity index (χ3v) is 33.7. The number of hydrogen-bond donors (Lipinski definition) is 0. The molecule has 4 aromatic heterocycles. The molecule has 0 fully saturated rings. The Hall–Kier alpha value is 0.137. The SMILES string of the molecule is CC.CC.CCCC.CCCCC(CC)Cc1ccc(-c2c3c[c]([Sn]([CH3])([CH3])[CH3])sc3c(-c3ccc(CC(CC)CCCC)s3)c3c[c]([Sn]([CH3])([CH3])[CH3])sc23)s1. The van der Waals surface area contributed by atoms with Crippen molar-refractivity contribution in [3.8, 4) is 20.9 Å². The molecule has 0 spiro atoms. The van der Waals surface area contributed by atoms with Crippen molar-refractivity contribution in [2.45, 2.75) is 176 Å². The van der Waals surface area contributed by atoms with Gasteiger partial charge in [0.1, 0.15) is 0 Å². The number of fused-ring (bicyclic) bond motifs is 2. The van der Waals surface area contributed by atoms with E-state index in [-0.39, 0.29) is 0 Å². The zero-order chi connectivity index (χ0) is 40.6. The van der Waals surface area contributed by atoms with E-state index in [1.165, 1.54) is 86.8 Å². The van der Waals surface area contributed by atoms with Crippen molar-refractivity contribution in [1.29, 1.82) is 0 Å². The Morgan fingerprint density at radius 1 is 0.481 bits per heavy atom. The van der Waals surface area contributed by atoms with E-state index in [1.54, 1.807) is 46.8 Å². The van der Waals surface area contributed by atoms with Gasteiger partial charge in [-0.15, -0.1) is 0 Å². The van der Waals surface area contributed by atoms with Crippen LogP contribution in [0.4, 0.5) is 0 Å². The van der Waals surface area contributed by atoms with E-state index in [0.717, 1.165) is 11.8 Å². The van der Waals surface area contributed by atoms with Crippen molar-refractivity contribution in [2.24, 2.45) is 11.8 Å². The van der Waals surface area contributed by atoms with Crippen LogP contribution in [0, 0.1) is 11.8 Å². The third kappa shape index (κ3) is 13.9. The van der Waals surface area contributed by atoms with Gasteiger partial charge in [-0.25, -0.2) is 0 Å². The monoisotopic (exact) mass is 1020 g/mol. The Labute approximate surface area is 359 Å². The van der Waals surface area contributed by atoms with Crippen molar-refractivity contribution in [3.05, 3.63) is 46.2 Å². The van der Waals surface area contributed by atoms with Gasteiger partial charge in [-0.2, -0.15) is 0 Å². The van der Waals surface area contributed by atoms with Crippen LogP contribution in [0.1, 0.15) is 143 Å². The summed E-state index contributed by atoms with van der Waals surface area (Å²) in [4.78, 5) is 21.8. The summed E-state index contributed by atoms with van der Waals surface area (Å²) in [6.45, 7) is 21.8. The fourth-order valence-corrected chi connectivity index (χ4v) is 22.1. The molecule has 0 N–H and O–H groups in total. The molecule has 1 aromatic carbocycles. The zero-order valence-electron chi connectivity index (χ0n) is 37.7. The zero-order valence-corrected chi connectivity index (χ0v) is 46.7. The van der Waals surface area contributed by atoms with E-state index >= 15 is 0 Å². The first-order valence-corrected chi connectivity index (χ1v) is 45.3. The average molecular weight is 1020 g/mol. The quantitative estimate of drug-likeness (QED) is 0.0815. The van der Waals surface area contributed by atoms with Gasteiger partial charge in [0.25, 0.3) is 0 Å². The van der Waals surface area contributed by atoms with E-state index in [0.29, 0.717) is 0 Å². The number of benzene rings is 1. The molecule has 0 nitrogen and oxygen atoms in total. The van der Waals surface area contributed by atoms with Crippen LogP contribution in [-0.4, -0.2) is 36.8 Å². The molecule has 6 heteroatoms. The fourth-order valence-electron chi connectivity index (χ4n) is 6.70. The van der Waals surface area contributed by atoms with Crippen molar-refractivity contribution in [2.75, 3.05) is 0 Å². The normalized spacial score (nSPS) is 12.8. The summed E-state index contributed by atoms with van der Waals surface area (Å²) in [6.07, 6.45) is 15.7. The summed E-state index contributed by atoms with van der Waals surface area (Å²) in [5, 5.41) is 3.09. The van der Waals surface area contributed by atoms with E-state index in [9.17, 15) is 0 Å². The van der Waals surface area contributed by atoms with Crippen LogP contribution in [0.3, 0.4) is 0 Å². The molecule has 4 heterocycles. The van der Waals surface area contributed by atoms with E-state index in [4.69, 9.17) is 0 Å². The van der Waals surface area contributed by atoms with Gasteiger partial charge in [0.2, 0.25) is 0 Å². The van der Waals surface area contributed by atoms with E-state index in [2.05, 4.69) is 153 Å². The first-order valence-electron chi connectivity index (χ1n) is 22.0. The standard InChI is InChI=1S/C34H40S4.C4H10.2C2H6.6CH3.2Sn/c1-5-9-11-23(7-3)21-25-13-15-29(37-25)31-27-17-19-36-34(27)32(28-18-20-35-33(28)31)30-16-14-26(38-30)22-24(8-4)12-10-6-2;1-3-4-2;2*1-2;;;;;;;;/h13-18,23-24H,5-12,21-22H2,1-4H3;3-4H2,1-2H3;2*1-2H3;6*1H3;;. The maximum atomic E-state index is 2.68. The van der Waals surface area contributed by atoms with Gasteiger partial charge in [-0.1, -0.05) is 68.2 Å². The molecule has 0 saturated carbocycles. The molecular weight excluding hydrogens is 942 g/mol. The van der Waals surface area contributed by atoms with E-state index in [1.807, 2.05) is 27.7 Å². The molecule has 0 saturated heterocycles. The van der Waals surface area contributed by atoms with Gasteiger partial charge in [-0.3, -0.25) is 0 Å². The molecule has 0 amide bonds. The first kappa shape index (κ1) is 50.3. The molecule has 304 valence electrons. The van der Waals surface area contributed by atoms with Crippen molar-refractivity contribution < 1.29 is 0 Å². The Balaban J connectivity index is 0.00000116. The van der Waals surface area contributed by atoms with Gasteiger partial charge in [0.05, 0.1) is 0 Å². The predicted octanol–water partition coefficient (Wildman–Crippen LogP) is 18.0. The van der Waals surface area contributed by atoms with Crippen molar-refractivity contribution in [1.82, 2.24) is 0 Å². The van der Waals surface area contributed by atoms with E-state index < -0.39 is 36.8 Å². The molecule has 0 aliphatic carbocycles. The minimum absolute atomic E-state index is 0.808. The van der Waals surface area contributed by atoms with Crippen LogP contribution in [0.15, 0.2) is 36.4 Å². The second-order valence-electron chi connectivity index (χ2n) is 16.7. The molecule has 2 atom stereocenters. The average Bonchev–Trinajstić information content (AvgIpc) is 3.99. The summed E-state index contributed by atoms with van der Waals surface area (Å²) < 4.78 is 6.55. The Morgan fingerprint density at radius 3 is 1.11 bits per heavy atom. The summed E-state index contributed by atoms with van der Waals surface area (Å²) in [6, 6.07) is 15.3. The van der Waals surface area contributed by atoms with Crippen LogP contribution in [0.5, 0.6) is 0 Å². The Morgan fingerprint density at radius 2 is 0.833 bits per heavy atom. The number of unbranched alkanes of at least 4 members (excludes halogenated alkanes) is 3. The van der Waals surface area contributed by atoms with Gasteiger partial charge >= 0.3 is 295 Å². The van der Waals surface area contributed by atoms with Gasteiger partial charge in [0, 0.05) is 0 Å². The van der Waals surface area contributed by atoms with Gasteiger partial charge in [0.15, 0.2) is 0 Å².